The van der Waals surface area contributed by atoms with Gasteiger partial charge in [0.15, 0.2) is 6.10 Å². The molecular formula is C59H64N2O15. The smallest absolute Gasteiger partial charge is 0.343 e. The Balaban J connectivity index is 1.04. The second kappa shape index (κ2) is 31.0. The van der Waals surface area contributed by atoms with E-state index in [2.05, 4.69) is 61.3 Å². The van der Waals surface area contributed by atoms with Crippen LogP contribution >= 0.6 is 0 Å². The number of carbonyl (C=O) groups is 5. The van der Waals surface area contributed by atoms with E-state index in [1.807, 2.05) is 12.2 Å². The summed E-state index contributed by atoms with van der Waals surface area (Å²) in [5.74, 6) is -1.01. The summed E-state index contributed by atoms with van der Waals surface area (Å²) in [6.07, 6.45) is 22.9. The Morgan fingerprint density at radius 2 is 1.12 bits per heavy atom. The molecule has 0 saturated heterocycles. The van der Waals surface area contributed by atoms with Gasteiger partial charge in [-0.3, -0.25) is 0 Å². The number of fused-ring (bicyclic) bond motifs is 3. The van der Waals surface area contributed by atoms with Gasteiger partial charge < -0.3 is 47.7 Å². The number of aliphatic hydroxyl groups is 1. The highest BCUT2D eigenvalue weighted by Gasteiger charge is 2.44. The predicted octanol–water partition coefficient (Wildman–Crippen LogP) is 8.08. The third kappa shape index (κ3) is 18.4. The summed E-state index contributed by atoms with van der Waals surface area (Å²) in [6, 6.07) is 17.9. The molecule has 3 aromatic rings. The zero-order valence-electron chi connectivity index (χ0n) is 42.3. The number of allylic oxidation sites excluding steroid dienone is 8. The minimum Gasteiger partial charge on any atom is -0.491 e. The summed E-state index contributed by atoms with van der Waals surface area (Å²) >= 11 is 0. The molecule has 3 aromatic carbocycles. The van der Waals surface area contributed by atoms with E-state index in [-0.39, 0.29) is 81.2 Å². The molecule has 1 saturated carbocycles. The number of carbonyl (C=O) groups excluding carboxylic acids is 5. The molecular weight excluding hydrogens is 977 g/mol. The van der Waals surface area contributed by atoms with Crippen LogP contribution < -0.4 is 14.2 Å². The van der Waals surface area contributed by atoms with Gasteiger partial charge in [-0.1, -0.05) is 74.4 Å². The Bertz CT molecular complexity index is 2610. The average molecular weight is 1040 g/mol. The molecule has 0 radical (unpaired) electrons. The standard InChI is InChI=1S/C59H64N2O15/c1-4-54(63)70-32-13-11-30-68-37-45(62)38-73-46-24-20-42(21-25-46)58(66)72-34-29-41-19-28-53(44(35-41)36-60-61-57-51-17-9-7-15-49(51)50-16-8-10-18-52(50)57)76-59(67)43-22-26-47(27-23-43)74-40-48(75-56(65)6-3)39-69-31-12-14-33-71-55(64)5-2/h4-10,15-28,35-36,45,48-52,62H,1-3,11-14,29-34,37-40H2/b60-36+,61-57?. The summed E-state index contributed by atoms with van der Waals surface area (Å²) in [5, 5.41) is 19.6. The van der Waals surface area contributed by atoms with Crippen molar-refractivity contribution < 1.29 is 71.7 Å². The lowest BCUT2D eigenvalue weighted by Gasteiger charge is -2.20. The van der Waals surface area contributed by atoms with Gasteiger partial charge in [0.2, 0.25) is 0 Å². The summed E-state index contributed by atoms with van der Waals surface area (Å²) in [7, 11) is 0. The monoisotopic (exact) mass is 1040 g/mol. The van der Waals surface area contributed by atoms with Crippen LogP contribution in [0.25, 0.3) is 0 Å². The van der Waals surface area contributed by atoms with E-state index in [9.17, 15) is 29.1 Å². The Morgan fingerprint density at radius 3 is 1.71 bits per heavy atom. The minimum absolute atomic E-state index is 0.0199. The summed E-state index contributed by atoms with van der Waals surface area (Å²) in [4.78, 5) is 61.0. The van der Waals surface area contributed by atoms with Gasteiger partial charge in [0.1, 0.15) is 36.6 Å². The van der Waals surface area contributed by atoms with Crippen LogP contribution in [0.15, 0.2) is 164 Å². The number of esters is 5. The number of ether oxygens (including phenoxy) is 9. The highest BCUT2D eigenvalue weighted by Crippen LogP contribution is 2.45. The first-order chi connectivity index (χ1) is 37.0. The van der Waals surface area contributed by atoms with E-state index in [1.165, 1.54) is 0 Å². The zero-order chi connectivity index (χ0) is 53.9. The summed E-state index contributed by atoms with van der Waals surface area (Å²) in [5.41, 5.74) is 2.73. The molecule has 76 heavy (non-hydrogen) atoms. The van der Waals surface area contributed by atoms with Crippen molar-refractivity contribution in [1.82, 2.24) is 0 Å². The molecule has 0 spiro atoms. The Morgan fingerprint density at radius 1 is 0.579 bits per heavy atom. The molecule has 17 heteroatoms. The number of hydrogen-bond acceptors (Lipinski definition) is 17. The molecule has 0 bridgehead atoms. The van der Waals surface area contributed by atoms with Crippen LogP contribution in [0.2, 0.25) is 0 Å². The first kappa shape index (κ1) is 57.3. The van der Waals surface area contributed by atoms with Crippen LogP contribution in [-0.2, 0) is 49.2 Å². The van der Waals surface area contributed by atoms with Gasteiger partial charge in [0.25, 0.3) is 0 Å². The van der Waals surface area contributed by atoms with Crippen molar-refractivity contribution in [2.75, 3.05) is 59.5 Å². The Labute approximate surface area is 442 Å². The molecule has 17 nitrogen and oxygen atoms in total. The number of benzene rings is 3. The van der Waals surface area contributed by atoms with Crippen molar-refractivity contribution in [2.24, 2.45) is 33.9 Å². The van der Waals surface area contributed by atoms with Crippen molar-refractivity contribution >= 4 is 41.8 Å². The Kier molecular flexibility index (Phi) is 23.4. The molecule has 400 valence electrons. The van der Waals surface area contributed by atoms with Crippen LogP contribution in [0, 0.1) is 23.7 Å². The predicted molar refractivity (Wildman–Crippen MR) is 283 cm³/mol. The van der Waals surface area contributed by atoms with Gasteiger partial charge in [-0.05, 0) is 104 Å². The molecule has 3 aliphatic rings. The van der Waals surface area contributed by atoms with Crippen LogP contribution in [0.1, 0.15) is 57.5 Å². The summed E-state index contributed by atoms with van der Waals surface area (Å²) < 4.78 is 49.6. The van der Waals surface area contributed by atoms with Crippen molar-refractivity contribution in [3.63, 3.8) is 0 Å². The van der Waals surface area contributed by atoms with E-state index in [0.29, 0.717) is 67.9 Å². The molecule has 6 rings (SSSR count). The average Bonchev–Trinajstić information content (AvgIpc) is 3.78. The quantitative estimate of drug-likeness (QED) is 0.0119. The maximum absolute atomic E-state index is 13.6. The lowest BCUT2D eigenvalue weighted by atomic mass is 9.83. The molecule has 0 amide bonds. The summed E-state index contributed by atoms with van der Waals surface area (Å²) in [6.45, 7) is 11.5. The first-order valence-corrected chi connectivity index (χ1v) is 25.1. The van der Waals surface area contributed by atoms with Crippen LogP contribution in [0.5, 0.6) is 17.2 Å². The first-order valence-electron chi connectivity index (χ1n) is 25.1. The largest absolute Gasteiger partial charge is 0.491 e. The maximum atomic E-state index is 13.6. The van der Waals surface area contributed by atoms with E-state index in [4.69, 9.17) is 47.7 Å². The van der Waals surface area contributed by atoms with Crippen molar-refractivity contribution in [3.8, 4) is 17.2 Å². The van der Waals surface area contributed by atoms with Crippen molar-refractivity contribution in [2.45, 2.75) is 44.3 Å². The third-order valence-electron chi connectivity index (χ3n) is 12.1. The van der Waals surface area contributed by atoms with Crippen LogP contribution in [0.4, 0.5) is 0 Å². The minimum atomic E-state index is -0.876. The normalized spacial score (nSPS) is 17.6. The number of hydrogen-bond donors (Lipinski definition) is 1. The fourth-order valence-electron chi connectivity index (χ4n) is 8.18. The van der Waals surface area contributed by atoms with Gasteiger partial charge >= 0.3 is 29.8 Å². The molecule has 1 N–H and O–H groups in total. The maximum Gasteiger partial charge on any atom is 0.343 e. The molecule has 0 aliphatic heterocycles. The number of nitrogens with zero attached hydrogens (tertiary/aromatic N) is 2. The number of unbranched alkanes of at least 4 members (excludes halogenated alkanes) is 2. The molecule has 6 unspecified atom stereocenters. The second-order valence-electron chi connectivity index (χ2n) is 17.6. The fraction of sp³-hybridized carbons (Fsp3) is 0.339. The molecule has 0 heterocycles. The van der Waals surface area contributed by atoms with E-state index in [0.717, 1.165) is 29.5 Å². The Hall–Kier alpha value is -7.99. The number of rotatable bonds is 32. The third-order valence-corrected chi connectivity index (χ3v) is 12.1. The van der Waals surface area contributed by atoms with E-state index >= 15 is 0 Å². The van der Waals surface area contributed by atoms with Crippen LogP contribution in [0.3, 0.4) is 0 Å². The highest BCUT2D eigenvalue weighted by molar-refractivity contribution is 5.97. The lowest BCUT2D eigenvalue weighted by molar-refractivity contribution is -0.148. The topological polar surface area (TPSA) is 213 Å². The van der Waals surface area contributed by atoms with Gasteiger partial charge in [-0.15, -0.1) is 0 Å². The molecule has 3 aliphatic carbocycles. The van der Waals surface area contributed by atoms with E-state index < -0.39 is 42.1 Å². The molecule has 6 atom stereocenters. The SMILES string of the molecule is C=CC(=O)OCCCCOCC(O)COc1ccc(C(=O)OCCc2ccc(OC(=O)c3ccc(OCC(COCCCCOC(=O)C=C)OC(=O)C=C)cc3)c(/C=N/N=C3C4C=CC=CC4C4C=CC=CC34)c2)cc1. The van der Waals surface area contributed by atoms with Crippen molar-refractivity contribution in [3.05, 3.63) is 176 Å². The second-order valence-corrected chi connectivity index (χ2v) is 17.6. The highest BCUT2D eigenvalue weighted by atomic mass is 16.6. The zero-order valence-corrected chi connectivity index (χ0v) is 42.3. The van der Waals surface area contributed by atoms with Gasteiger partial charge in [-0.2, -0.15) is 10.2 Å². The fourth-order valence-corrected chi connectivity index (χ4v) is 8.18. The van der Waals surface area contributed by atoms with Gasteiger partial charge in [0, 0.05) is 55.3 Å². The number of aliphatic hydroxyl groups excluding tert-OH is 1. The van der Waals surface area contributed by atoms with Gasteiger partial charge in [-0.25, -0.2) is 24.0 Å². The molecule has 1 fully saturated rings. The van der Waals surface area contributed by atoms with Crippen molar-refractivity contribution in [1.29, 1.82) is 0 Å². The van der Waals surface area contributed by atoms with Crippen LogP contribution in [-0.4, -0.2) is 119 Å². The lowest BCUT2D eigenvalue weighted by Crippen LogP contribution is -2.29. The van der Waals surface area contributed by atoms with E-state index in [1.54, 1.807) is 72.9 Å². The van der Waals surface area contributed by atoms with Gasteiger partial charge in [0.05, 0.1) is 56.1 Å². The molecule has 0 aromatic heterocycles.